The van der Waals surface area contributed by atoms with E-state index in [-0.39, 0.29) is 11.3 Å². The highest BCUT2D eigenvalue weighted by molar-refractivity contribution is 7.90. The van der Waals surface area contributed by atoms with Gasteiger partial charge < -0.3 is 0 Å². The molecule has 1 aromatic heterocycles. The molecule has 19 heavy (non-hydrogen) atoms. The van der Waals surface area contributed by atoms with E-state index in [4.69, 9.17) is 0 Å². The molecular formula is C13H13NO3S2. The maximum Gasteiger partial charge on any atom is 0.264 e. The lowest BCUT2D eigenvalue weighted by Gasteiger charge is -2.06. The number of rotatable bonds is 4. The van der Waals surface area contributed by atoms with Crippen LogP contribution in [0.2, 0.25) is 0 Å². The third-order valence-electron chi connectivity index (χ3n) is 2.49. The van der Waals surface area contributed by atoms with Gasteiger partial charge in [-0.15, -0.1) is 11.3 Å². The summed E-state index contributed by atoms with van der Waals surface area (Å²) < 4.78 is 26.0. The number of hydrogen-bond acceptors (Lipinski definition) is 4. The molecule has 1 amide bonds. The number of carbonyl (C=O) groups excluding carboxylic acids is 1. The lowest BCUT2D eigenvalue weighted by molar-refractivity contribution is -0.118. The first-order valence-electron chi connectivity index (χ1n) is 5.62. The van der Waals surface area contributed by atoms with Crippen LogP contribution in [0.1, 0.15) is 10.4 Å². The summed E-state index contributed by atoms with van der Waals surface area (Å²) in [6.07, 6.45) is 0.0722. The van der Waals surface area contributed by atoms with Crippen LogP contribution in [0.25, 0.3) is 0 Å². The average molecular weight is 295 g/mol. The smallest absolute Gasteiger partial charge is 0.264 e. The van der Waals surface area contributed by atoms with Gasteiger partial charge in [-0.1, -0.05) is 23.8 Å². The van der Waals surface area contributed by atoms with E-state index in [1.165, 1.54) is 23.5 Å². The highest BCUT2D eigenvalue weighted by Gasteiger charge is 2.17. The van der Waals surface area contributed by atoms with Gasteiger partial charge in [-0.3, -0.25) is 4.79 Å². The molecule has 0 atom stereocenters. The predicted molar refractivity (Wildman–Crippen MR) is 74.5 cm³/mol. The summed E-state index contributed by atoms with van der Waals surface area (Å²) in [4.78, 5) is 12.6. The Labute approximate surface area is 116 Å². The van der Waals surface area contributed by atoms with Crippen LogP contribution in [0.15, 0.2) is 46.7 Å². The van der Waals surface area contributed by atoms with Crippen molar-refractivity contribution < 1.29 is 13.2 Å². The predicted octanol–water partition coefficient (Wildman–Crippen LogP) is 2.10. The summed E-state index contributed by atoms with van der Waals surface area (Å²) in [7, 11) is -3.77. The molecule has 0 fully saturated rings. The number of carbonyl (C=O) groups is 1. The number of thiophene rings is 1. The molecule has 1 aromatic carbocycles. The van der Waals surface area contributed by atoms with Gasteiger partial charge in [-0.2, -0.15) is 0 Å². The summed E-state index contributed by atoms with van der Waals surface area (Å²) in [5, 5.41) is 1.84. The van der Waals surface area contributed by atoms with Gasteiger partial charge in [0.05, 0.1) is 11.3 Å². The molecule has 2 rings (SSSR count). The number of amides is 1. The summed E-state index contributed by atoms with van der Waals surface area (Å²) in [5.74, 6) is -0.525. The van der Waals surface area contributed by atoms with Crippen LogP contribution in [0.5, 0.6) is 0 Å². The third-order valence-corrected chi connectivity index (χ3v) is 4.76. The van der Waals surface area contributed by atoms with Crippen molar-refractivity contribution in [1.29, 1.82) is 0 Å². The molecular weight excluding hydrogens is 282 g/mol. The van der Waals surface area contributed by atoms with Crippen molar-refractivity contribution in [3.8, 4) is 0 Å². The van der Waals surface area contributed by atoms with Crippen molar-refractivity contribution >= 4 is 27.3 Å². The molecule has 0 spiro atoms. The molecule has 0 aliphatic rings. The molecule has 0 radical (unpaired) electrons. The number of hydrogen-bond donors (Lipinski definition) is 1. The lowest BCUT2D eigenvalue weighted by Crippen LogP contribution is -2.31. The Morgan fingerprint density at radius 2 is 1.89 bits per heavy atom. The van der Waals surface area contributed by atoms with Gasteiger partial charge in [0.15, 0.2) is 0 Å². The van der Waals surface area contributed by atoms with Crippen LogP contribution in [-0.2, 0) is 21.2 Å². The molecule has 6 heteroatoms. The Morgan fingerprint density at radius 1 is 1.21 bits per heavy atom. The Balaban J connectivity index is 2.09. The summed E-state index contributed by atoms with van der Waals surface area (Å²) in [6.45, 7) is 1.87. The van der Waals surface area contributed by atoms with E-state index in [2.05, 4.69) is 4.72 Å². The fourth-order valence-electron chi connectivity index (χ4n) is 1.53. The minimum atomic E-state index is -3.77. The molecule has 1 N–H and O–H groups in total. The molecule has 0 bridgehead atoms. The van der Waals surface area contributed by atoms with E-state index in [0.717, 1.165) is 10.4 Å². The van der Waals surface area contributed by atoms with Crippen molar-refractivity contribution in [3.63, 3.8) is 0 Å². The first kappa shape index (κ1) is 13.8. The maximum absolute atomic E-state index is 12.0. The first-order valence-corrected chi connectivity index (χ1v) is 7.98. The third kappa shape index (κ3) is 3.65. The summed E-state index contributed by atoms with van der Waals surface area (Å²) >= 11 is 1.42. The second-order valence-corrected chi connectivity index (χ2v) is 6.81. The van der Waals surface area contributed by atoms with Crippen LogP contribution in [0, 0.1) is 6.92 Å². The van der Waals surface area contributed by atoms with Crippen molar-refractivity contribution in [1.82, 2.24) is 4.72 Å². The molecule has 0 saturated carbocycles. The van der Waals surface area contributed by atoms with E-state index in [1.807, 2.05) is 18.4 Å². The maximum atomic E-state index is 12.0. The van der Waals surface area contributed by atoms with Crippen LogP contribution in [0.4, 0.5) is 0 Å². The standard InChI is InChI=1S/C13H13NO3S2/c1-10-4-6-12(7-5-10)19(16,17)14-13(15)9-11-3-2-8-18-11/h2-8H,9H2,1H3,(H,14,15). The van der Waals surface area contributed by atoms with Crippen molar-refractivity contribution in [2.45, 2.75) is 18.2 Å². The highest BCUT2D eigenvalue weighted by atomic mass is 32.2. The molecule has 100 valence electrons. The van der Waals surface area contributed by atoms with Crippen LogP contribution in [0.3, 0.4) is 0 Å². The van der Waals surface area contributed by atoms with Gasteiger partial charge in [-0.25, -0.2) is 13.1 Å². The largest absolute Gasteiger partial charge is 0.274 e. The Kier molecular flexibility index (Phi) is 4.01. The average Bonchev–Trinajstić information content (AvgIpc) is 2.81. The van der Waals surface area contributed by atoms with Gasteiger partial charge in [-0.05, 0) is 30.5 Å². The van der Waals surface area contributed by atoms with E-state index >= 15 is 0 Å². The summed E-state index contributed by atoms with van der Waals surface area (Å²) in [5.41, 5.74) is 0.962. The molecule has 1 heterocycles. The number of sulfonamides is 1. The summed E-state index contributed by atoms with van der Waals surface area (Å²) in [6, 6.07) is 9.97. The van der Waals surface area contributed by atoms with Gasteiger partial charge in [0, 0.05) is 4.88 Å². The minimum Gasteiger partial charge on any atom is -0.274 e. The van der Waals surface area contributed by atoms with Crippen LogP contribution in [-0.4, -0.2) is 14.3 Å². The van der Waals surface area contributed by atoms with Gasteiger partial charge in [0.25, 0.3) is 10.0 Å². The molecule has 0 aliphatic heterocycles. The van der Waals surface area contributed by atoms with E-state index in [0.29, 0.717) is 0 Å². The van der Waals surface area contributed by atoms with Crippen molar-refractivity contribution in [3.05, 3.63) is 52.2 Å². The normalized spacial score (nSPS) is 11.2. The topological polar surface area (TPSA) is 63.2 Å². The van der Waals surface area contributed by atoms with Gasteiger partial charge in [0.1, 0.15) is 0 Å². The molecule has 2 aromatic rings. The Morgan fingerprint density at radius 3 is 2.47 bits per heavy atom. The molecule has 0 unspecified atom stereocenters. The van der Waals surface area contributed by atoms with E-state index < -0.39 is 15.9 Å². The molecule has 4 nitrogen and oxygen atoms in total. The minimum absolute atomic E-state index is 0.0722. The SMILES string of the molecule is Cc1ccc(S(=O)(=O)NC(=O)Cc2cccs2)cc1. The van der Waals surface area contributed by atoms with Crippen molar-refractivity contribution in [2.75, 3.05) is 0 Å². The zero-order valence-corrected chi connectivity index (χ0v) is 11.9. The monoisotopic (exact) mass is 295 g/mol. The first-order chi connectivity index (χ1) is 8.97. The Hall–Kier alpha value is -1.66. The molecule has 0 saturated heterocycles. The quantitative estimate of drug-likeness (QED) is 0.939. The lowest BCUT2D eigenvalue weighted by atomic mass is 10.2. The van der Waals surface area contributed by atoms with Crippen LogP contribution < -0.4 is 4.72 Å². The zero-order chi connectivity index (χ0) is 13.9. The fraction of sp³-hybridized carbons (Fsp3) is 0.154. The number of nitrogens with one attached hydrogen (secondary N) is 1. The number of aryl methyl sites for hydroxylation is 1. The van der Waals surface area contributed by atoms with Crippen LogP contribution >= 0.6 is 11.3 Å². The highest BCUT2D eigenvalue weighted by Crippen LogP contribution is 2.12. The van der Waals surface area contributed by atoms with E-state index in [9.17, 15) is 13.2 Å². The van der Waals surface area contributed by atoms with E-state index in [1.54, 1.807) is 18.2 Å². The van der Waals surface area contributed by atoms with Gasteiger partial charge >= 0.3 is 0 Å². The van der Waals surface area contributed by atoms with Crippen molar-refractivity contribution in [2.24, 2.45) is 0 Å². The molecule has 0 aliphatic carbocycles. The second-order valence-electron chi connectivity index (χ2n) is 4.10. The Bertz CT molecular complexity index is 658. The second kappa shape index (κ2) is 5.54. The fourth-order valence-corrected chi connectivity index (χ4v) is 3.22. The zero-order valence-electron chi connectivity index (χ0n) is 10.3. The van der Waals surface area contributed by atoms with Gasteiger partial charge in [0.2, 0.25) is 5.91 Å². The number of benzene rings is 1.